The summed E-state index contributed by atoms with van der Waals surface area (Å²) in [7, 11) is 0. The molecule has 9 nitrogen and oxygen atoms in total. The molecule has 3 heterocycles. The van der Waals surface area contributed by atoms with Gasteiger partial charge in [0.25, 0.3) is 0 Å². The molecule has 0 radical (unpaired) electrons. The minimum atomic E-state index is -4.97. The Labute approximate surface area is 221 Å². The van der Waals surface area contributed by atoms with Crippen molar-refractivity contribution in [2.45, 2.75) is 50.8 Å². The van der Waals surface area contributed by atoms with Crippen LogP contribution in [0.3, 0.4) is 0 Å². The second kappa shape index (κ2) is 11.2. The molecule has 1 atom stereocenters. The normalized spacial score (nSPS) is 13.1. The Kier molecular flexibility index (Phi) is 8.11. The van der Waals surface area contributed by atoms with Gasteiger partial charge in [-0.25, -0.2) is 19.1 Å². The molecule has 0 aliphatic carbocycles. The molecule has 1 aromatic carbocycles. The van der Waals surface area contributed by atoms with Crippen LogP contribution in [0.5, 0.6) is 0 Å². The molecular weight excluding hydrogens is 556 g/mol. The van der Waals surface area contributed by atoms with Crippen molar-refractivity contribution in [3.05, 3.63) is 75.9 Å². The Morgan fingerprint density at radius 1 is 1.03 bits per heavy atom. The van der Waals surface area contributed by atoms with Crippen LogP contribution >= 0.6 is 11.6 Å². The largest absolute Gasteiger partial charge is 0.416 e. The van der Waals surface area contributed by atoms with E-state index in [2.05, 4.69) is 20.2 Å². The lowest BCUT2D eigenvalue weighted by Gasteiger charge is -2.15. The monoisotopic (exact) mass is 575 g/mol. The highest BCUT2D eigenvalue weighted by molar-refractivity contribution is 6.30. The molecule has 0 unspecified atom stereocenters. The van der Waals surface area contributed by atoms with Gasteiger partial charge >= 0.3 is 18.0 Å². The molecule has 0 bridgehead atoms. The standard InChI is InChI=1S/C23H20ClF6N7O2/c24-16-5-3-15(4-6-16)20-34-36(21(39)35(20)11-18(38)23(28,29)30)12-19-32-13-37(33-19)17-10-31-9-7-14(17)2-1-8-22(25,26)27/h3-7,9-10,13,18,38H,1-2,8,11-12H2/t18-/m0/s1. The Hall–Kier alpha value is -3.72. The third-order valence-electron chi connectivity index (χ3n) is 5.63. The van der Waals surface area contributed by atoms with E-state index in [4.69, 9.17) is 11.6 Å². The molecule has 0 amide bonds. The maximum Gasteiger partial charge on any atom is 0.416 e. The zero-order chi connectivity index (χ0) is 28.4. The highest BCUT2D eigenvalue weighted by atomic mass is 35.5. The van der Waals surface area contributed by atoms with Gasteiger partial charge in [0.15, 0.2) is 17.8 Å². The molecule has 0 saturated heterocycles. The molecule has 3 aromatic heterocycles. The van der Waals surface area contributed by atoms with E-state index in [-0.39, 0.29) is 36.6 Å². The fraction of sp³-hybridized carbons (Fsp3) is 0.348. The maximum atomic E-state index is 13.0. The summed E-state index contributed by atoms with van der Waals surface area (Å²) in [4.78, 5) is 21.1. The molecule has 0 aliphatic rings. The van der Waals surface area contributed by atoms with Crippen LogP contribution in [0.2, 0.25) is 5.02 Å². The van der Waals surface area contributed by atoms with Crippen molar-refractivity contribution in [3.63, 3.8) is 0 Å². The number of alkyl halides is 6. The summed E-state index contributed by atoms with van der Waals surface area (Å²) in [5, 5.41) is 18.3. The summed E-state index contributed by atoms with van der Waals surface area (Å²) in [5.41, 5.74) is 0.251. The van der Waals surface area contributed by atoms with E-state index in [0.717, 1.165) is 4.68 Å². The SMILES string of the molecule is O=c1n(Cc2ncn(-c3cnccc3CCCC(F)(F)F)n2)nc(-c2ccc(Cl)cc2)n1C[C@H](O)C(F)(F)F. The second-order valence-corrected chi connectivity index (χ2v) is 8.95. The van der Waals surface area contributed by atoms with Gasteiger partial charge < -0.3 is 5.11 Å². The summed E-state index contributed by atoms with van der Waals surface area (Å²) in [6.45, 7) is -1.44. The Balaban J connectivity index is 1.62. The second-order valence-electron chi connectivity index (χ2n) is 8.52. The highest BCUT2D eigenvalue weighted by Gasteiger charge is 2.39. The Morgan fingerprint density at radius 2 is 1.74 bits per heavy atom. The first-order chi connectivity index (χ1) is 18.3. The zero-order valence-electron chi connectivity index (χ0n) is 19.9. The summed E-state index contributed by atoms with van der Waals surface area (Å²) in [5.74, 6) is -0.0931. The molecular formula is C23H20ClF6N7O2. The Bertz CT molecular complexity index is 1480. The number of aliphatic hydroxyl groups excluding tert-OH is 1. The minimum absolute atomic E-state index is 0.0471. The van der Waals surface area contributed by atoms with Gasteiger partial charge in [0.1, 0.15) is 12.9 Å². The quantitative estimate of drug-likeness (QED) is 0.300. The highest BCUT2D eigenvalue weighted by Crippen LogP contribution is 2.25. The van der Waals surface area contributed by atoms with E-state index >= 15 is 0 Å². The summed E-state index contributed by atoms with van der Waals surface area (Å²) in [6, 6.07) is 7.41. The van der Waals surface area contributed by atoms with Crippen molar-refractivity contribution in [3.8, 4) is 17.1 Å². The van der Waals surface area contributed by atoms with Crippen LogP contribution in [-0.4, -0.2) is 57.7 Å². The van der Waals surface area contributed by atoms with Gasteiger partial charge in [0, 0.05) is 23.2 Å². The average Bonchev–Trinajstić information content (AvgIpc) is 3.44. The van der Waals surface area contributed by atoms with Gasteiger partial charge in [0.2, 0.25) is 0 Å². The van der Waals surface area contributed by atoms with Gasteiger partial charge in [-0.1, -0.05) is 11.6 Å². The first kappa shape index (κ1) is 28.3. The van der Waals surface area contributed by atoms with Crippen molar-refractivity contribution < 1.29 is 31.4 Å². The first-order valence-corrected chi connectivity index (χ1v) is 11.8. The third-order valence-corrected chi connectivity index (χ3v) is 5.88. The molecule has 1 N–H and O–H groups in total. The van der Waals surface area contributed by atoms with Gasteiger partial charge in [0.05, 0.1) is 18.4 Å². The number of halogens is 7. The van der Waals surface area contributed by atoms with Crippen molar-refractivity contribution >= 4 is 11.6 Å². The number of hydrogen-bond donors (Lipinski definition) is 1. The molecule has 0 saturated carbocycles. The van der Waals surface area contributed by atoms with Crippen LogP contribution in [0, 0.1) is 0 Å². The van der Waals surface area contributed by atoms with E-state index in [1.54, 1.807) is 6.07 Å². The molecule has 0 aliphatic heterocycles. The molecule has 4 rings (SSSR count). The fourth-order valence-electron chi connectivity index (χ4n) is 3.73. The van der Waals surface area contributed by atoms with Gasteiger partial charge in [-0.3, -0.25) is 9.55 Å². The smallest absolute Gasteiger partial charge is 0.382 e. The Morgan fingerprint density at radius 3 is 2.41 bits per heavy atom. The third kappa shape index (κ3) is 7.03. The number of aromatic nitrogens is 7. The van der Waals surface area contributed by atoms with Crippen LogP contribution in [0.15, 0.2) is 53.8 Å². The predicted molar refractivity (Wildman–Crippen MR) is 126 cm³/mol. The van der Waals surface area contributed by atoms with Crippen LogP contribution in [0.25, 0.3) is 17.1 Å². The van der Waals surface area contributed by atoms with E-state index in [1.807, 2.05) is 0 Å². The molecule has 0 spiro atoms. The fourth-order valence-corrected chi connectivity index (χ4v) is 3.86. The zero-order valence-corrected chi connectivity index (χ0v) is 20.6. The molecule has 39 heavy (non-hydrogen) atoms. The average molecular weight is 576 g/mol. The molecule has 0 fully saturated rings. The van der Waals surface area contributed by atoms with Crippen molar-refractivity contribution in [1.29, 1.82) is 0 Å². The lowest BCUT2D eigenvalue weighted by Crippen LogP contribution is -2.37. The molecule has 4 aromatic rings. The lowest BCUT2D eigenvalue weighted by molar-refractivity contribution is -0.207. The predicted octanol–water partition coefficient (Wildman–Crippen LogP) is 4.20. The summed E-state index contributed by atoms with van der Waals surface area (Å²) >= 11 is 5.88. The van der Waals surface area contributed by atoms with E-state index < -0.39 is 37.1 Å². The van der Waals surface area contributed by atoms with E-state index in [9.17, 15) is 36.2 Å². The number of nitrogens with zero attached hydrogens (tertiary/aromatic N) is 7. The number of benzene rings is 1. The first-order valence-electron chi connectivity index (χ1n) is 11.4. The number of rotatable bonds is 9. The summed E-state index contributed by atoms with van der Waals surface area (Å²) < 4.78 is 79.6. The number of pyridine rings is 1. The number of aryl methyl sites for hydroxylation is 1. The van der Waals surface area contributed by atoms with Crippen LogP contribution in [-0.2, 0) is 19.5 Å². The molecule has 16 heteroatoms. The number of aliphatic hydroxyl groups is 1. The summed E-state index contributed by atoms with van der Waals surface area (Å²) in [6.07, 6.45) is -8.97. The molecule has 208 valence electrons. The van der Waals surface area contributed by atoms with Crippen molar-refractivity contribution in [2.24, 2.45) is 0 Å². The van der Waals surface area contributed by atoms with E-state index in [1.165, 1.54) is 47.7 Å². The minimum Gasteiger partial charge on any atom is -0.382 e. The van der Waals surface area contributed by atoms with Crippen LogP contribution in [0.1, 0.15) is 24.2 Å². The van der Waals surface area contributed by atoms with Crippen molar-refractivity contribution in [2.75, 3.05) is 0 Å². The van der Waals surface area contributed by atoms with Crippen molar-refractivity contribution in [1.82, 2.24) is 34.1 Å². The van der Waals surface area contributed by atoms with Gasteiger partial charge in [-0.2, -0.15) is 26.3 Å². The maximum absolute atomic E-state index is 13.0. The topological polar surface area (TPSA) is 104 Å². The number of hydrogen-bond acceptors (Lipinski definition) is 6. The van der Waals surface area contributed by atoms with Gasteiger partial charge in [-0.05, 0) is 48.7 Å². The lowest BCUT2D eigenvalue weighted by atomic mass is 10.1. The van der Waals surface area contributed by atoms with Crippen LogP contribution < -0.4 is 5.69 Å². The van der Waals surface area contributed by atoms with Gasteiger partial charge in [-0.15, -0.1) is 10.2 Å². The van der Waals surface area contributed by atoms with E-state index in [0.29, 0.717) is 20.8 Å². The van der Waals surface area contributed by atoms with Crippen LogP contribution in [0.4, 0.5) is 26.3 Å².